The van der Waals surface area contributed by atoms with E-state index in [1.807, 2.05) is 0 Å². The second-order valence-corrected chi connectivity index (χ2v) is 2.90. The summed E-state index contributed by atoms with van der Waals surface area (Å²) in [7, 11) is 1.73. The predicted molar refractivity (Wildman–Crippen MR) is 40.9 cm³/mol. The lowest BCUT2D eigenvalue weighted by Gasteiger charge is -2.14. The van der Waals surface area contributed by atoms with Crippen LogP contribution in [0.3, 0.4) is 0 Å². The van der Waals surface area contributed by atoms with Crippen LogP contribution in [0.4, 0.5) is 0 Å². The minimum Gasteiger partial charge on any atom is -0.396 e. The summed E-state index contributed by atoms with van der Waals surface area (Å²) in [5.74, 6) is -0.338. The largest absolute Gasteiger partial charge is 0.396 e. The molecule has 0 amide bonds. The van der Waals surface area contributed by atoms with Crippen LogP contribution in [-0.4, -0.2) is 54.6 Å². The predicted octanol–water partition coefficient (Wildman–Crippen LogP) is -2.69. The molecule has 1 rings (SSSR count). The van der Waals surface area contributed by atoms with Crippen molar-refractivity contribution in [1.29, 1.82) is 0 Å². The van der Waals surface area contributed by atoms with Gasteiger partial charge in [0.1, 0.15) is 7.85 Å². The fourth-order valence-electron chi connectivity index (χ4n) is 1.43. The van der Waals surface area contributed by atoms with E-state index in [0.29, 0.717) is 0 Å². The zero-order chi connectivity index (χ0) is 8.43. The van der Waals surface area contributed by atoms with Crippen LogP contribution < -0.4 is 0 Å². The molecule has 1 aliphatic rings. The molecule has 11 heavy (non-hydrogen) atoms. The van der Waals surface area contributed by atoms with Gasteiger partial charge in [-0.25, -0.2) is 0 Å². The summed E-state index contributed by atoms with van der Waals surface area (Å²) in [5.41, 5.74) is 0. The molecule has 0 radical (unpaired) electrons. The molecule has 4 nitrogen and oxygen atoms in total. The first-order valence-corrected chi connectivity index (χ1v) is 3.76. The first-order chi connectivity index (χ1) is 5.20. The molecule has 0 spiro atoms. The van der Waals surface area contributed by atoms with E-state index in [-0.39, 0.29) is 25.1 Å². The zero-order valence-electron chi connectivity index (χ0n) is 6.47. The van der Waals surface area contributed by atoms with E-state index in [4.69, 9.17) is 14.9 Å². The smallest absolute Gasteiger partial charge is 0.142 e. The molecule has 4 atom stereocenters. The molecule has 0 aromatic heterocycles. The second-order valence-electron chi connectivity index (χ2n) is 2.90. The molecule has 64 valence electrons. The van der Waals surface area contributed by atoms with Gasteiger partial charge >= 0.3 is 0 Å². The molecule has 1 aliphatic heterocycles. The third-order valence-electron chi connectivity index (χ3n) is 2.18. The van der Waals surface area contributed by atoms with Gasteiger partial charge in [-0.05, 0) is 0 Å². The molecular formula is C6H13BO4. The van der Waals surface area contributed by atoms with Crippen molar-refractivity contribution in [3.63, 3.8) is 0 Å². The van der Waals surface area contributed by atoms with Gasteiger partial charge in [-0.3, -0.25) is 0 Å². The van der Waals surface area contributed by atoms with Gasteiger partial charge < -0.3 is 20.1 Å². The Morgan fingerprint density at radius 1 is 1.27 bits per heavy atom. The van der Waals surface area contributed by atoms with Crippen LogP contribution in [0, 0.1) is 5.92 Å². The van der Waals surface area contributed by atoms with Crippen molar-refractivity contribution < 1.29 is 20.1 Å². The molecule has 1 fully saturated rings. The average Bonchev–Trinajstić information content (AvgIpc) is 2.28. The Morgan fingerprint density at radius 3 is 2.27 bits per heavy atom. The maximum atomic E-state index is 9.36. The number of hydrogen-bond acceptors (Lipinski definition) is 4. The van der Waals surface area contributed by atoms with Crippen molar-refractivity contribution in [2.75, 3.05) is 13.2 Å². The van der Waals surface area contributed by atoms with E-state index < -0.39 is 12.2 Å². The molecule has 0 aromatic carbocycles. The second kappa shape index (κ2) is 3.54. The van der Waals surface area contributed by atoms with E-state index in [1.54, 1.807) is 7.85 Å². The van der Waals surface area contributed by atoms with Crippen molar-refractivity contribution in [1.82, 2.24) is 0 Å². The first-order valence-electron chi connectivity index (χ1n) is 3.76. The van der Waals surface area contributed by atoms with E-state index >= 15 is 0 Å². The van der Waals surface area contributed by atoms with Crippen LogP contribution in [-0.2, 0) is 4.74 Å². The fourth-order valence-corrected chi connectivity index (χ4v) is 1.43. The average molecular weight is 160 g/mol. The van der Waals surface area contributed by atoms with Crippen molar-refractivity contribution in [3.05, 3.63) is 0 Å². The van der Waals surface area contributed by atoms with E-state index in [0.717, 1.165) is 0 Å². The van der Waals surface area contributed by atoms with Gasteiger partial charge in [-0.1, -0.05) is 0 Å². The summed E-state index contributed by atoms with van der Waals surface area (Å²) in [6.45, 7) is -0.288. The molecule has 0 bridgehead atoms. The quantitative estimate of drug-likeness (QED) is 0.384. The summed E-state index contributed by atoms with van der Waals surface area (Å²) in [5, 5.41) is 26.9. The van der Waals surface area contributed by atoms with Gasteiger partial charge in [0.05, 0.1) is 31.4 Å². The van der Waals surface area contributed by atoms with E-state index in [9.17, 15) is 5.11 Å². The Kier molecular flexibility index (Phi) is 2.89. The number of ether oxygens (including phenoxy) is 1. The summed E-state index contributed by atoms with van der Waals surface area (Å²) >= 11 is 0. The number of rotatable bonds is 2. The highest BCUT2D eigenvalue weighted by atomic mass is 16.5. The Bertz CT molecular complexity index is 132. The van der Waals surface area contributed by atoms with E-state index in [1.165, 1.54) is 0 Å². The lowest BCUT2D eigenvalue weighted by molar-refractivity contribution is 0.0159. The summed E-state index contributed by atoms with van der Waals surface area (Å²) in [6.07, 6.45) is -1.07. The summed E-state index contributed by atoms with van der Waals surface area (Å²) in [6, 6.07) is -0.288. The Morgan fingerprint density at radius 2 is 1.91 bits per heavy atom. The molecule has 0 unspecified atom stereocenters. The van der Waals surface area contributed by atoms with Gasteiger partial charge in [0.2, 0.25) is 0 Å². The maximum absolute atomic E-state index is 9.36. The highest BCUT2D eigenvalue weighted by molar-refractivity contribution is 6.11. The number of aliphatic hydroxyl groups is 3. The molecule has 0 aliphatic carbocycles. The van der Waals surface area contributed by atoms with E-state index in [2.05, 4.69) is 0 Å². The minimum absolute atomic E-state index is 0.142. The van der Waals surface area contributed by atoms with Crippen molar-refractivity contribution >= 4 is 7.85 Å². The van der Waals surface area contributed by atoms with Gasteiger partial charge in [0.15, 0.2) is 0 Å². The minimum atomic E-state index is -0.655. The number of aliphatic hydroxyl groups excluding tert-OH is 3. The van der Waals surface area contributed by atoms with Gasteiger partial charge in [-0.2, -0.15) is 0 Å². The molecular weight excluding hydrogens is 147 g/mol. The van der Waals surface area contributed by atoms with Crippen LogP contribution in [0.2, 0.25) is 0 Å². The van der Waals surface area contributed by atoms with Gasteiger partial charge in [0, 0.05) is 5.92 Å². The Hall–Kier alpha value is -0.0951. The van der Waals surface area contributed by atoms with Crippen LogP contribution in [0.1, 0.15) is 0 Å². The summed E-state index contributed by atoms with van der Waals surface area (Å²) < 4.78 is 5.17. The van der Waals surface area contributed by atoms with Crippen molar-refractivity contribution in [2.24, 2.45) is 5.92 Å². The van der Waals surface area contributed by atoms with Gasteiger partial charge in [0.25, 0.3) is 0 Å². The highest BCUT2D eigenvalue weighted by Gasteiger charge is 2.39. The van der Waals surface area contributed by atoms with Crippen LogP contribution >= 0.6 is 0 Å². The molecule has 1 saturated heterocycles. The first kappa shape index (κ1) is 9.00. The molecule has 1 heterocycles. The molecule has 0 saturated carbocycles. The monoisotopic (exact) mass is 160 g/mol. The van der Waals surface area contributed by atoms with Gasteiger partial charge in [-0.15, -0.1) is 0 Å². The molecule has 0 aromatic rings. The van der Waals surface area contributed by atoms with Crippen LogP contribution in [0.15, 0.2) is 0 Å². The normalized spacial score (nSPS) is 44.6. The van der Waals surface area contributed by atoms with Crippen LogP contribution in [0.25, 0.3) is 0 Å². The fraction of sp³-hybridized carbons (Fsp3) is 1.00. The standard InChI is InChI=1S/C6H13BO4/c7-6-5(10)3(1-8)4(2-9)11-6/h3-6,8-10H,1-2,7H2/t3-,4-,5-,6-/m1/s1. The number of hydrogen-bond donors (Lipinski definition) is 3. The summed E-state index contributed by atoms with van der Waals surface area (Å²) in [4.78, 5) is 0. The topological polar surface area (TPSA) is 69.9 Å². The SMILES string of the molecule is B[C@@H]1O[C@H](CO)[C@@H](CO)[C@H]1O. The van der Waals surface area contributed by atoms with Crippen LogP contribution in [0.5, 0.6) is 0 Å². The third kappa shape index (κ3) is 1.56. The van der Waals surface area contributed by atoms with Crippen molar-refractivity contribution in [3.8, 4) is 0 Å². The Labute approximate surface area is 66.2 Å². The Balaban J connectivity index is 2.57. The maximum Gasteiger partial charge on any atom is 0.142 e. The van der Waals surface area contributed by atoms with Crippen molar-refractivity contribution in [2.45, 2.75) is 18.2 Å². The molecule has 5 heteroatoms. The zero-order valence-corrected chi connectivity index (χ0v) is 6.47. The lowest BCUT2D eigenvalue weighted by atomic mass is 9.88. The lowest BCUT2D eigenvalue weighted by Crippen LogP contribution is -2.31. The third-order valence-corrected chi connectivity index (χ3v) is 2.18. The molecule has 3 N–H and O–H groups in total. The highest BCUT2D eigenvalue weighted by Crippen LogP contribution is 2.24.